The molecule has 110 valence electrons. The Balaban J connectivity index is 1.84. The van der Waals surface area contributed by atoms with Crippen molar-refractivity contribution in [1.29, 1.82) is 0 Å². The Kier molecular flexibility index (Phi) is 5.15. The van der Waals surface area contributed by atoms with Gasteiger partial charge in [-0.1, -0.05) is 6.07 Å². The third-order valence-electron chi connectivity index (χ3n) is 3.02. The number of nitrogens with two attached hydrogens (primary N) is 1. The van der Waals surface area contributed by atoms with Crippen molar-refractivity contribution in [3.05, 3.63) is 53.9 Å². The number of hydrogen-bond acceptors (Lipinski definition) is 3. The Morgan fingerprint density at radius 1 is 1.24 bits per heavy atom. The lowest BCUT2D eigenvalue weighted by atomic mass is 10.2. The van der Waals surface area contributed by atoms with Gasteiger partial charge >= 0.3 is 0 Å². The molecule has 0 aliphatic rings. The number of nitrogens with zero attached hydrogens (tertiary/aromatic N) is 2. The second-order valence-electron chi connectivity index (χ2n) is 4.68. The first-order valence-electron chi connectivity index (χ1n) is 6.80. The van der Waals surface area contributed by atoms with Crippen LogP contribution in [0, 0.1) is 6.92 Å². The van der Waals surface area contributed by atoms with Gasteiger partial charge in [0.15, 0.2) is 5.96 Å². The molecule has 0 radical (unpaired) electrons. The fraction of sp³-hybridized carbons (Fsp3) is 0.250. The minimum atomic E-state index is 0.403. The smallest absolute Gasteiger partial charge is 0.193 e. The van der Waals surface area contributed by atoms with Crippen LogP contribution in [0.4, 0.5) is 5.69 Å². The van der Waals surface area contributed by atoms with Crippen molar-refractivity contribution in [2.75, 3.05) is 19.0 Å². The third-order valence-corrected chi connectivity index (χ3v) is 3.02. The van der Waals surface area contributed by atoms with Gasteiger partial charge in [0.1, 0.15) is 5.75 Å². The van der Waals surface area contributed by atoms with E-state index in [1.807, 2.05) is 43.5 Å². The van der Waals surface area contributed by atoms with Crippen LogP contribution in [0.15, 0.2) is 47.6 Å². The van der Waals surface area contributed by atoms with Crippen LogP contribution in [-0.2, 0) is 6.42 Å². The van der Waals surface area contributed by atoms with Gasteiger partial charge in [-0.05, 0) is 49.2 Å². The van der Waals surface area contributed by atoms with Crippen molar-refractivity contribution in [3.8, 4) is 5.75 Å². The van der Waals surface area contributed by atoms with Gasteiger partial charge in [-0.2, -0.15) is 0 Å². The Morgan fingerprint density at radius 3 is 2.62 bits per heavy atom. The number of nitrogens with one attached hydrogen (secondary N) is 1. The van der Waals surface area contributed by atoms with E-state index in [2.05, 4.69) is 21.4 Å². The summed E-state index contributed by atoms with van der Waals surface area (Å²) in [6.07, 6.45) is 2.69. The number of anilines is 1. The second-order valence-corrected chi connectivity index (χ2v) is 4.68. The van der Waals surface area contributed by atoms with E-state index in [1.54, 1.807) is 7.11 Å². The summed E-state index contributed by atoms with van der Waals surface area (Å²) in [5.41, 5.74) is 8.91. The van der Waals surface area contributed by atoms with Crippen molar-refractivity contribution in [2.24, 2.45) is 10.7 Å². The zero-order valence-corrected chi connectivity index (χ0v) is 12.3. The van der Waals surface area contributed by atoms with Crippen molar-refractivity contribution >= 4 is 11.6 Å². The standard InChI is InChI=1S/C16H20N4O/c1-12-3-4-13(11-19-12)9-10-18-16(17)20-14-5-7-15(21-2)8-6-14/h3-8,11H,9-10H2,1-2H3,(H3,17,18,20). The summed E-state index contributed by atoms with van der Waals surface area (Å²) in [5, 5.41) is 3.05. The molecule has 0 spiro atoms. The van der Waals surface area contributed by atoms with Crippen molar-refractivity contribution in [2.45, 2.75) is 13.3 Å². The molecule has 0 unspecified atom stereocenters. The summed E-state index contributed by atoms with van der Waals surface area (Å²) in [7, 11) is 1.64. The van der Waals surface area contributed by atoms with Gasteiger partial charge in [0, 0.05) is 24.1 Å². The molecule has 5 nitrogen and oxygen atoms in total. The van der Waals surface area contributed by atoms with E-state index in [0.717, 1.165) is 29.1 Å². The molecular weight excluding hydrogens is 264 g/mol. The van der Waals surface area contributed by atoms with E-state index in [4.69, 9.17) is 10.5 Å². The number of methoxy groups -OCH3 is 1. The topological polar surface area (TPSA) is 72.5 Å². The lowest BCUT2D eigenvalue weighted by Gasteiger charge is -2.06. The van der Waals surface area contributed by atoms with Crippen LogP contribution in [0.2, 0.25) is 0 Å². The molecule has 0 aliphatic heterocycles. The Bertz CT molecular complexity index is 591. The SMILES string of the molecule is COc1ccc(NC(N)=NCCc2ccc(C)nc2)cc1. The molecule has 0 fully saturated rings. The van der Waals surface area contributed by atoms with Gasteiger partial charge < -0.3 is 15.8 Å². The minimum Gasteiger partial charge on any atom is -0.497 e. The number of hydrogen-bond donors (Lipinski definition) is 2. The number of aryl methyl sites for hydroxylation is 1. The number of aromatic nitrogens is 1. The molecule has 0 saturated heterocycles. The Labute approximate surface area is 124 Å². The molecule has 0 amide bonds. The summed E-state index contributed by atoms with van der Waals surface area (Å²) in [6.45, 7) is 2.60. The van der Waals surface area contributed by atoms with Crippen LogP contribution >= 0.6 is 0 Å². The highest BCUT2D eigenvalue weighted by molar-refractivity contribution is 5.92. The fourth-order valence-corrected chi connectivity index (χ4v) is 1.81. The zero-order valence-electron chi connectivity index (χ0n) is 12.3. The highest BCUT2D eigenvalue weighted by atomic mass is 16.5. The molecule has 3 N–H and O–H groups in total. The van der Waals surface area contributed by atoms with Gasteiger partial charge in [0.25, 0.3) is 0 Å². The molecule has 2 rings (SSSR count). The Morgan fingerprint density at radius 2 is 2.00 bits per heavy atom. The number of ether oxygens (including phenoxy) is 1. The molecule has 21 heavy (non-hydrogen) atoms. The maximum atomic E-state index is 5.86. The van der Waals surface area contributed by atoms with Crippen LogP contribution in [0.1, 0.15) is 11.3 Å². The van der Waals surface area contributed by atoms with E-state index in [9.17, 15) is 0 Å². The summed E-state index contributed by atoms with van der Waals surface area (Å²) in [4.78, 5) is 8.56. The van der Waals surface area contributed by atoms with E-state index in [-0.39, 0.29) is 0 Å². The quantitative estimate of drug-likeness (QED) is 0.653. The van der Waals surface area contributed by atoms with Crippen molar-refractivity contribution in [1.82, 2.24) is 4.98 Å². The predicted octanol–water partition coefficient (Wildman–Crippen LogP) is 2.37. The number of benzene rings is 1. The molecule has 0 atom stereocenters. The third kappa shape index (κ3) is 4.80. The van der Waals surface area contributed by atoms with Gasteiger partial charge in [0.2, 0.25) is 0 Å². The van der Waals surface area contributed by atoms with Crippen LogP contribution in [-0.4, -0.2) is 24.6 Å². The monoisotopic (exact) mass is 284 g/mol. The predicted molar refractivity (Wildman–Crippen MR) is 85.8 cm³/mol. The molecule has 2 aromatic rings. The van der Waals surface area contributed by atoms with Gasteiger partial charge in [0.05, 0.1) is 7.11 Å². The number of guanidine groups is 1. The molecule has 1 aromatic carbocycles. The van der Waals surface area contributed by atoms with Crippen molar-refractivity contribution < 1.29 is 4.74 Å². The summed E-state index contributed by atoms with van der Waals surface area (Å²) in [6, 6.07) is 11.6. The summed E-state index contributed by atoms with van der Waals surface area (Å²) >= 11 is 0. The van der Waals surface area contributed by atoms with E-state index in [1.165, 1.54) is 0 Å². The molecule has 1 heterocycles. The van der Waals surface area contributed by atoms with Crippen LogP contribution in [0.25, 0.3) is 0 Å². The second kappa shape index (κ2) is 7.28. The average Bonchev–Trinajstić information content (AvgIpc) is 2.50. The van der Waals surface area contributed by atoms with Gasteiger partial charge in [-0.3, -0.25) is 9.98 Å². The molecule has 0 aliphatic carbocycles. The number of pyridine rings is 1. The lowest BCUT2D eigenvalue weighted by Crippen LogP contribution is -2.23. The fourth-order valence-electron chi connectivity index (χ4n) is 1.81. The highest BCUT2D eigenvalue weighted by Crippen LogP contribution is 2.14. The first-order valence-corrected chi connectivity index (χ1v) is 6.80. The summed E-state index contributed by atoms with van der Waals surface area (Å²) in [5.74, 6) is 1.21. The first-order chi connectivity index (χ1) is 10.2. The minimum absolute atomic E-state index is 0.403. The maximum Gasteiger partial charge on any atom is 0.193 e. The molecule has 5 heteroatoms. The highest BCUT2D eigenvalue weighted by Gasteiger charge is 1.97. The average molecular weight is 284 g/mol. The molecule has 1 aromatic heterocycles. The maximum absolute atomic E-state index is 5.86. The zero-order chi connectivity index (χ0) is 15.1. The van der Waals surface area contributed by atoms with Crippen LogP contribution < -0.4 is 15.8 Å². The largest absolute Gasteiger partial charge is 0.497 e. The lowest BCUT2D eigenvalue weighted by molar-refractivity contribution is 0.415. The first kappa shape index (κ1) is 14.8. The van der Waals surface area contributed by atoms with E-state index in [0.29, 0.717) is 12.5 Å². The van der Waals surface area contributed by atoms with E-state index < -0.39 is 0 Å². The Hall–Kier alpha value is -2.56. The van der Waals surface area contributed by atoms with Crippen LogP contribution in [0.5, 0.6) is 5.75 Å². The van der Waals surface area contributed by atoms with Crippen LogP contribution in [0.3, 0.4) is 0 Å². The molecular formula is C16H20N4O. The van der Waals surface area contributed by atoms with Crippen molar-refractivity contribution in [3.63, 3.8) is 0 Å². The molecule has 0 saturated carbocycles. The molecule has 0 bridgehead atoms. The van der Waals surface area contributed by atoms with Gasteiger partial charge in [-0.15, -0.1) is 0 Å². The summed E-state index contributed by atoms with van der Waals surface area (Å²) < 4.78 is 5.10. The number of aliphatic imine (C=N–C) groups is 1. The van der Waals surface area contributed by atoms with E-state index >= 15 is 0 Å². The number of rotatable bonds is 5. The van der Waals surface area contributed by atoms with Gasteiger partial charge in [-0.25, -0.2) is 0 Å². The normalized spacial score (nSPS) is 11.2.